The monoisotopic (exact) mass is 349 g/mol. The maximum Gasteiger partial charge on any atom is 0.206 e. The van der Waals surface area contributed by atoms with Gasteiger partial charge < -0.3 is 5.32 Å². The molecule has 124 valence electrons. The molecule has 2 rings (SSSR count). The van der Waals surface area contributed by atoms with E-state index in [1.54, 1.807) is 0 Å². The number of nitrogens with zero attached hydrogens (tertiary/aromatic N) is 2. The molecular weight excluding hydrogens is 326 g/mol. The molecule has 0 aliphatic rings. The first kappa shape index (κ1) is 17.9. The predicted octanol–water partition coefficient (Wildman–Crippen LogP) is 4.73. The summed E-state index contributed by atoms with van der Waals surface area (Å²) in [6, 6.07) is 6.34. The zero-order valence-corrected chi connectivity index (χ0v) is 15.8. The molecule has 23 heavy (non-hydrogen) atoms. The summed E-state index contributed by atoms with van der Waals surface area (Å²) < 4.78 is 0.820. The Morgan fingerprint density at radius 3 is 2.48 bits per heavy atom. The van der Waals surface area contributed by atoms with Gasteiger partial charge in [0, 0.05) is 11.6 Å². The third-order valence-electron chi connectivity index (χ3n) is 3.54. The van der Waals surface area contributed by atoms with E-state index >= 15 is 0 Å². The van der Waals surface area contributed by atoms with E-state index in [1.165, 1.54) is 23.1 Å². The number of benzene rings is 1. The number of ketones is 1. The van der Waals surface area contributed by atoms with Gasteiger partial charge >= 0.3 is 0 Å². The number of anilines is 1. The molecular formula is C17H23N3OS2. The number of hydrogen-bond donors (Lipinski definition) is 1. The van der Waals surface area contributed by atoms with Crippen LogP contribution in [-0.2, 0) is 0 Å². The Labute approximate surface area is 146 Å². The maximum absolute atomic E-state index is 12.6. The summed E-state index contributed by atoms with van der Waals surface area (Å²) >= 11 is 2.97. The molecule has 0 radical (unpaired) electrons. The fourth-order valence-electron chi connectivity index (χ4n) is 2.18. The van der Waals surface area contributed by atoms with Crippen LogP contribution in [0.5, 0.6) is 0 Å². The smallest absolute Gasteiger partial charge is 0.206 e. The molecule has 0 saturated heterocycles. The van der Waals surface area contributed by atoms with E-state index in [1.807, 2.05) is 32.9 Å². The van der Waals surface area contributed by atoms with Gasteiger partial charge in [-0.05, 0) is 46.2 Å². The number of aromatic nitrogens is 2. The van der Waals surface area contributed by atoms with Crippen LogP contribution in [0.4, 0.5) is 5.13 Å². The molecule has 2 atom stereocenters. The van der Waals surface area contributed by atoms with Crippen molar-refractivity contribution in [1.29, 1.82) is 0 Å². The lowest BCUT2D eigenvalue weighted by atomic mass is 10.0. The van der Waals surface area contributed by atoms with Crippen molar-refractivity contribution in [2.45, 2.75) is 56.7 Å². The summed E-state index contributed by atoms with van der Waals surface area (Å²) in [5, 5.41) is 12.3. The number of nitrogens with one attached hydrogen (secondary N) is 1. The van der Waals surface area contributed by atoms with E-state index < -0.39 is 0 Å². The average Bonchev–Trinajstić information content (AvgIpc) is 2.92. The lowest BCUT2D eigenvalue weighted by molar-refractivity contribution is 0.0994. The van der Waals surface area contributed by atoms with Crippen molar-refractivity contribution in [3.05, 3.63) is 34.9 Å². The molecule has 1 aromatic heterocycles. The van der Waals surface area contributed by atoms with E-state index in [-0.39, 0.29) is 11.0 Å². The molecule has 6 heteroatoms. The number of rotatable bonds is 7. The molecule has 0 amide bonds. The predicted molar refractivity (Wildman–Crippen MR) is 98.9 cm³/mol. The van der Waals surface area contributed by atoms with Gasteiger partial charge in [-0.2, -0.15) is 0 Å². The molecule has 2 unspecified atom stereocenters. The van der Waals surface area contributed by atoms with Gasteiger partial charge in [0.1, 0.15) is 0 Å². The summed E-state index contributed by atoms with van der Waals surface area (Å²) in [4.78, 5) is 12.6. The number of hydrogen-bond acceptors (Lipinski definition) is 6. The molecule has 2 aromatic rings. The molecule has 0 fully saturated rings. The van der Waals surface area contributed by atoms with Crippen molar-refractivity contribution in [3.63, 3.8) is 0 Å². The largest absolute Gasteiger partial charge is 0.358 e. The molecule has 0 spiro atoms. The number of aryl methyl sites for hydroxylation is 2. The Kier molecular flexibility index (Phi) is 6.18. The summed E-state index contributed by atoms with van der Waals surface area (Å²) in [5.41, 5.74) is 2.99. The fraction of sp³-hybridized carbons (Fsp3) is 0.471. The molecule has 4 nitrogen and oxygen atoms in total. The number of thioether (sulfide) groups is 1. The van der Waals surface area contributed by atoms with Gasteiger partial charge in [-0.25, -0.2) is 0 Å². The maximum atomic E-state index is 12.6. The van der Waals surface area contributed by atoms with Gasteiger partial charge in [-0.1, -0.05) is 47.2 Å². The molecule has 1 N–H and O–H groups in total. The Morgan fingerprint density at radius 2 is 1.87 bits per heavy atom. The first-order valence-corrected chi connectivity index (χ1v) is 9.48. The summed E-state index contributed by atoms with van der Waals surface area (Å²) in [6.45, 7) is 10.2. The third-order valence-corrected chi connectivity index (χ3v) is 5.58. The van der Waals surface area contributed by atoms with Gasteiger partial charge in [0.15, 0.2) is 10.1 Å². The zero-order chi connectivity index (χ0) is 17.0. The van der Waals surface area contributed by atoms with Crippen molar-refractivity contribution in [1.82, 2.24) is 10.2 Å². The summed E-state index contributed by atoms with van der Waals surface area (Å²) in [5.74, 6) is 0.133. The second-order valence-corrected chi connectivity index (χ2v) is 8.39. The highest BCUT2D eigenvalue weighted by atomic mass is 32.2. The van der Waals surface area contributed by atoms with Crippen LogP contribution < -0.4 is 5.32 Å². The minimum Gasteiger partial charge on any atom is -0.358 e. The van der Waals surface area contributed by atoms with E-state index in [0.717, 1.165) is 32.6 Å². The zero-order valence-electron chi connectivity index (χ0n) is 14.2. The first-order valence-electron chi connectivity index (χ1n) is 7.78. The Hall–Kier alpha value is -1.40. The van der Waals surface area contributed by atoms with Gasteiger partial charge in [-0.15, -0.1) is 10.2 Å². The van der Waals surface area contributed by atoms with Crippen LogP contribution in [0.2, 0.25) is 0 Å². The quantitative estimate of drug-likeness (QED) is 0.578. The first-order chi connectivity index (χ1) is 10.9. The van der Waals surface area contributed by atoms with Crippen LogP contribution >= 0.6 is 23.1 Å². The van der Waals surface area contributed by atoms with Crippen LogP contribution in [0.25, 0.3) is 0 Å². The van der Waals surface area contributed by atoms with Crippen molar-refractivity contribution in [2.75, 3.05) is 5.32 Å². The summed E-state index contributed by atoms with van der Waals surface area (Å²) in [6.07, 6.45) is 1.03. The highest BCUT2D eigenvalue weighted by Crippen LogP contribution is 2.31. The van der Waals surface area contributed by atoms with Crippen molar-refractivity contribution < 1.29 is 4.79 Å². The van der Waals surface area contributed by atoms with Crippen LogP contribution in [-0.4, -0.2) is 27.3 Å². The van der Waals surface area contributed by atoms with E-state index in [2.05, 4.69) is 35.4 Å². The highest BCUT2D eigenvalue weighted by Gasteiger charge is 2.19. The van der Waals surface area contributed by atoms with Crippen LogP contribution in [0, 0.1) is 13.8 Å². The second-order valence-electron chi connectivity index (χ2n) is 5.83. The Morgan fingerprint density at radius 1 is 1.22 bits per heavy atom. The van der Waals surface area contributed by atoms with Crippen LogP contribution in [0.1, 0.15) is 48.7 Å². The van der Waals surface area contributed by atoms with Gasteiger partial charge in [0.05, 0.1) is 5.25 Å². The van der Waals surface area contributed by atoms with Crippen molar-refractivity contribution >= 4 is 34.0 Å². The normalized spacial score (nSPS) is 13.6. The minimum absolute atomic E-state index is 0.133. The molecule has 0 saturated carbocycles. The SMILES string of the molecule is CCC(C)Nc1nnc(SC(C)C(=O)c2cc(C)cc(C)c2)s1. The van der Waals surface area contributed by atoms with Gasteiger partial charge in [-0.3, -0.25) is 4.79 Å². The number of Topliss-reactive ketones (excluding diaryl/α,β-unsaturated/α-hetero) is 1. The van der Waals surface area contributed by atoms with Crippen molar-refractivity contribution in [2.24, 2.45) is 0 Å². The summed E-state index contributed by atoms with van der Waals surface area (Å²) in [7, 11) is 0. The average molecular weight is 350 g/mol. The molecule has 1 heterocycles. The lowest BCUT2D eigenvalue weighted by Gasteiger charge is -2.10. The fourth-order valence-corrected chi connectivity index (χ4v) is 4.27. The minimum atomic E-state index is -0.180. The number of carbonyl (C=O) groups excluding carboxylic acids is 1. The standard InChI is InChI=1S/C17H23N3OS2/c1-6-12(4)18-16-19-20-17(23-16)22-13(5)15(21)14-8-10(2)7-11(3)9-14/h7-9,12-13H,6H2,1-5H3,(H,18,19). The van der Waals surface area contributed by atoms with E-state index in [0.29, 0.717) is 6.04 Å². The Bertz CT molecular complexity index is 664. The molecule has 1 aromatic carbocycles. The van der Waals surface area contributed by atoms with Crippen molar-refractivity contribution in [3.8, 4) is 0 Å². The van der Waals surface area contributed by atoms with Crippen LogP contribution in [0.3, 0.4) is 0 Å². The van der Waals surface area contributed by atoms with E-state index in [4.69, 9.17) is 0 Å². The molecule has 0 aliphatic carbocycles. The molecule has 0 aliphatic heterocycles. The third kappa shape index (κ3) is 5.04. The molecule has 0 bridgehead atoms. The van der Waals surface area contributed by atoms with Gasteiger partial charge in [0.25, 0.3) is 0 Å². The number of carbonyl (C=O) groups is 1. The van der Waals surface area contributed by atoms with E-state index in [9.17, 15) is 4.79 Å². The van der Waals surface area contributed by atoms with Crippen LogP contribution in [0.15, 0.2) is 22.5 Å². The second kappa shape index (κ2) is 7.93. The van der Waals surface area contributed by atoms with Gasteiger partial charge in [0.2, 0.25) is 5.13 Å². The lowest BCUT2D eigenvalue weighted by Crippen LogP contribution is -2.13. The topological polar surface area (TPSA) is 54.9 Å². The highest BCUT2D eigenvalue weighted by molar-refractivity contribution is 8.02. The Balaban J connectivity index is 2.03.